The molecule has 2 atom stereocenters. The van der Waals surface area contributed by atoms with Gasteiger partial charge in [0.15, 0.2) is 0 Å². The highest BCUT2D eigenvalue weighted by molar-refractivity contribution is 5.95. The first-order valence-electron chi connectivity index (χ1n) is 7.44. The Morgan fingerprint density at radius 1 is 1.33 bits per heavy atom. The highest BCUT2D eigenvalue weighted by Crippen LogP contribution is 2.26. The van der Waals surface area contributed by atoms with Crippen molar-refractivity contribution in [2.24, 2.45) is 5.92 Å². The largest absolute Gasteiger partial charge is 0.353 e. The minimum absolute atomic E-state index is 0.0286. The molecular weight excluding hydrogens is 268 g/mol. The lowest BCUT2D eigenvalue weighted by molar-refractivity contribution is -0.125. The molecule has 21 heavy (non-hydrogen) atoms. The fraction of sp³-hybridized carbons (Fsp3) is 0.600. The molecule has 0 radical (unpaired) electrons. The van der Waals surface area contributed by atoms with Crippen LogP contribution in [0.15, 0.2) is 6.07 Å². The number of piperidine rings is 2. The second-order valence-corrected chi connectivity index (χ2v) is 6.00. The Balaban J connectivity index is 1.74. The van der Waals surface area contributed by atoms with Crippen LogP contribution < -0.4 is 5.32 Å². The quantitative estimate of drug-likeness (QED) is 0.830. The van der Waals surface area contributed by atoms with Gasteiger partial charge in [-0.05, 0) is 38.7 Å². The minimum Gasteiger partial charge on any atom is -0.353 e. The van der Waals surface area contributed by atoms with Gasteiger partial charge in [0.2, 0.25) is 5.91 Å². The number of amides is 2. The van der Waals surface area contributed by atoms with Crippen molar-refractivity contribution in [1.82, 2.24) is 20.4 Å². The summed E-state index contributed by atoms with van der Waals surface area (Å²) in [5.41, 5.74) is 2.06. The normalized spacial score (nSPS) is 25.2. The number of hydrogen-bond donors (Lipinski definition) is 1. The average Bonchev–Trinajstić information content (AvgIpc) is 2.48. The Hall–Kier alpha value is -1.98. The third-order valence-electron chi connectivity index (χ3n) is 4.44. The van der Waals surface area contributed by atoms with Crippen molar-refractivity contribution in [2.75, 3.05) is 13.1 Å². The van der Waals surface area contributed by atoms with E-state index in [4.69, 9.17) is 0 Å². The Labute approximate surface area is 123 Å². The van der Waals surface area contributed by atoms with E-state index in [0.29, 0.717) is 36.7 Å². The van der Waals surface area contributed by atoms with Crippen LogP contribution in [0.4, 0.5) is 0 Å². The minimum atomic E-state index is 0.0286. The van der Waals surface area contributed by atoms with Crippen molar-refractivity contribution in [2.45, 2.75) is 39.2 Å². The van der Waals surface area contributed by atoms with E-state index in [2.05, 4.69) is 15.5 Å². The molecule has 2 saturated heterocycles. The molecule has 1 N–H and O–H groups in total. The summed E-state index contributed by atoms with van der Waals surface area (Å²) < 4.78 is 0. The first-order valence-corrected chi connectivity index (χ1v) is 7.44. The van der Waals surface area contributed by atoms with Gasteiger partial charge in [0.1, 0.15) is 0 Å². The fourth-order valence-electron chi connectivity index (χ4n) is 3.23. The van der Waals surface area contributed by atoms with Gasteiger partial charge >= 0.3 is 0 Å². The summed E-state index contributed by atoms with van der Waals surface area (Å²) in [6.45, 7) is 5.05. The lowest BCUT2D eigenvalue weighted by Gasteiger charge is -2.41. The third-order valence-corrected chi connectivity index (χ3v) is 4.44. The van der Waals surface area contributed by atoms with E-state index < -0.39 is 0 Å². The zero-order valence-corrected chi connectivity index (χ0v) is 12.4. The van der Waals surface area contributed by atoms with E-state index in [1.54, 1.807) is 6.07 Å². The van der Waals surface area contributed by atoms with Crippen molar-refractivity contribution < 1.29 is 9.59 Å². The van der Waals surface area contributed by atoms with Gasteiger partial charge in [0, 0.05) is 25.6 Å². The van der Waals surface area contributed by atoms with Gasteiger partial charge in [0.25, 0.3) is 5.91 Å². The van der Waals surface area contributed by atoms with Crippen LogP contribution in [0.25, 0.3) is 0 Å². The van der Waals surface area contributed by atoms with Gasteiger partial charge in [-0.2, -0.15) is 10.2 Å². The van der Waals surface area contributed by atoms with E-state index in [-0.39, 0.29) is 17.9 Å². The Kier molecular flexibility index (Phi) is 3.61. The van der Waals surface area contributed by atoms with Crippen molar-refractivity contribution in [3.8, 4) is 0 Å². The number of aromatic nitrogens is 2. The molecule has 3 rings (SSSR count). The summed E-state index contributed by atoms with van der Waals surface area (Å²) in [7, 11) is 0. The topological polar surface area (TPSA) is 75.2 Å². The van der Waals surface area contributed by atoms with Crippen molar-refractivity contribution in [3.05, 3.63) is 23.0 Å². The van der Waals surface area contributed by atoms with E-state index in [0.717, 1.165) is 18.5 Å². The first-order chi connectivity index (χ1) is 10.0. The predicted molar refractivity (Wildman–Crippen MR) is 76.7 cm³/mol. The Morgan fingerprint density at radius 3 is 2.95 bits per heavy atom. The first kappa shape index (κ1) is 14.0. The number of rotatable bonds is 1. The van der Waals surface area contributed by atoms with Crippen molar-refractivity contribution in [3.63, 3.8) is 0 Å². The molecule has 6 heteroatoms. The summed E-state index contributed by atoms with van der Waals surface area (Å²) in [5, 5.41) is 11.0. The van der Waals surface area contributed by atoms with Crippen molar-refractivity contribution in [1.29, 1.82) is 0 Å². The predicted octanol–water partition coefficient (Wildman–Crippen LogP) is 0.834. The second-order valence-electron chi connectivity index (χ2n) is 6.00. The maximum Gasteiger partial charge on any atom is 0.255 e. The number of likely N-dealkylation sites (tertiary alicyclic amines) is 1. The molecule has 1 aromatic rings. The van der Waals surface area contributed by atoms with E-state index >= 15 is 0 Å². The number of carbonyl (C=O) groups excluding carboxylic acids is 2. The maximum atomic E-state index is 12.7. The zero-order chi connectivity index (χ0) is 15.0. The van der Waals surface area contributed by atoms with E-state index in [1.807, 2.05) is 18.7 Å². The zero-order valence-electron chi connectivity index (χ0n) is 12.4. The molecule has 0 bridgehead atoms. The van der Waals surface area contributed by atoms with Crippen molar-refractivity contribution >= 4 is 11.8 Å². The molecule has 0 aliphatic carbocycles. The van der Waals surface area contributed by atoms with Crippen LogP contribution in [-0.2, 0) is 4.79 Å². The highest BCUT2D eigenvalue weighted by atomic mass is 16.2. The van der Waals surface area contributed by atoms with Crippen LogP contribution in [0.2, 0.25) is 0 Å². The number of nitrogens with one attached hydrogen (secondary N) is 1. The number of hydrogen-bond acceptors (Lipinski definition) is 4. The maximum absolute atomic E-state index is 12.7. The molecule has 2 aliphatic heterocycles. The molecule has 2 aliphatic rings. The molecule has 1 aromatic heterocycles. The fourth-order valence-corrected chi connectivity index (χ4v) is 3.23. The Bertz CT molecular complexity index is 587. The Morgan fingerprint density at radius 2 is 2.14 bits per heavy atom. The van der Waals surface area contributed by atoms with Gasteiger partial charge in [-0.1, -0.05) is 0 Å². The van der Waals surface area contributed by atoms with Gasteiger partial charge in [-0.25, -0.2) is 0 Å². The molecule has 0 aromatic carbocycles. The lowest BCUT2D eigenvalue weighted by atomic mass is 9.85. The summed E-state index contributed by atoms with van der Waals surface area (Å²) in [5.74, 6) is 0.540. The van der Waals surface area contributed by atoms with Crippen LogP contribution in [0, 0.1) is 19.8 Å². The van der Waals surface area contributed by atoms with Gasteiger partial charge in [-0.3, -0.25) is 9.59 Å². The lowest BCUT2D eigenvalue weighted by Crippen LogP contribution is -2.55. The molecule has 2 unspecified atom stereocenters. The average molecular weight is 288 g/mol. The summed E-state index contributed by atoms with van der Waals surface area (Å²) in [6, 6.07) is 2.04. The van der Waals surface area contributed by atoms with E-state index in [1.165, 1.54) is 0 Å². The third kappa shape index (κ3) is 2.75. The van der Waals surface area contributed by atoms with Gasteiger partial charge < -0.3 is 10.2 Å². The standard InChI is InChI=1S/C15H20N4O2/c1-9-7-12(10(2)18-17-9)15(21)19-6-5-13-11(8-19)3-4-14(20)16-13/h7,11,13H,3-6,8H2,1-2H3,(H,16,20). The molecule has 2 amide bonds. The molecule has 0 spiro atoms. The molecule has 0 saturated carbocycles. The molecule has 2 fully saturated rings. The van der Waals surface area contributed by atoms with Gasteiger partial charge in [-0.15, -0.1) is 0 Å². The number of nitrogens with zero attached hydrogens (tertiary/aromatic N) is 3. The molecule has 3 heterocycles. The smallest absolute Gasteiger partial charge is 0.255 e. The monoisotopic (exact) mass is 288 g/mol. The number of carbonyl (C=O) groups is 2. The van der Waals surface area contributed by atoms with Gasteiger partial charge in [0.05, 0.1) is 17.0 Å². The SMILES string of the molecule is Cc1cc(C(=O)N2CCC3NC(=O)CCC3C2)c(C)nn1. The van der Waals surface area contributed by atoms with Crippen LogP contribution in [0.5, 0.6) is 0 Å². The van der Waals surface area contributed by atoms with Crippen LogP contribution >= 0.6 is 0 Å². The molecular formula is C15H20N4O2. The summed E-state index contributed by atoms with van der Waals surface area (Å²) >= 11 is 0. The van der Waals surface area contributed by atoms with Crippen LogP contribution in [0.1, 0.15) is 41.0 Å². The summed E-state index contributed by atoms with van der Waals surface area (Å²) in [4.78, 5) is 26.0. The number of aryl methyl sites for hydroxylation is 2. The molecule has 112 valence electrons. The van der Waals surface area contributed by atoms with Crippen LogP contribution in [0.3, 0.4) is 0 Å². The highest BCUT2D eigenvalue weighted by Gasteiger charge is 2.35. The van der Waals surface area contributed by atoms with E-state index in [9.17, 15) is 9.59 Å². The molecule has 6 nitrogen and oxygen atoms in total. The van der Waals surface area contributed by atoms with Crippen LogP contribution in [-0.4, -0.2) is 46.0 Å². The summed E-state index contributed by atoms with van der Waals surface area (Å²) in [6.07, 6.45) is 2.27. The second kappa shape index (κ2) is 5.42. The number of fused-ring (bicyclic) bond motifs is 1.